The van der Waals surface area contributed by atoms with Crippen LogP contribution >= 0.6 is 0 Å². The third-order valence-electron chi connectivity index (χ3n) is 11.4. The third-order valence-corrected chi connectivity index (χ3v) is 11.4. The Labute approximate surface area is 273 Å². The Morgan fingerprint density at radius 3 is 2.35 bits per heavy atom. The largest absolute Gasteiger partial charge is 0.504 e. The number of nitrogens with one attached hydrogen (secondary N) is 1. The zero-order chi connectivity index (χ0) is 33.9. The van der Waals surface area contributed by atoms with Crippen LogP contribution in [0.3, 0.4) is 0 Å². The molecule has 254 valence electrons. The first kappa shape index (κ1) is 31.0. The van der Waals surface area contributed by atoms with Gasteiger partial charge in [-0.2, -0.15) is 13.2 Å². The van der Waals surface area contributed by atoms with E-state index in [0.717, 1.165) is 25.0 Å². The highest BCUT2D eigenvalue weighted by molar-refractivity contribution is 5.95. The van der Waals surface area contributed by atoms with Crippen molar-refractivity contribution >= 4 is 28.7 Å². The number of halogens is 3. The highest BCUT2D eigenvalue weighted by atomic mass is 19.4. The number of rotatable bonds is 7. The summed E-state index contributed by atoms with van der Waals surface area (Å²) in [5.41, 5.74) is 0.348. The van der Waals surface area contributed by atoms with Crippen molar-refractivity contribution < 1.29 is 27.9 Å². The lowest BCUT2D eigenvalue weighted by Crippen LogP contribution is -2.78. The van der Waals surface area contributed by atoms with E-state index in [1.807, 2.05) is 18.7 Å². The van der Waals surface area contributed by atoms with Crippen molar-refractivity contribution in [1.29, 1.82) is 0 Å². The molecule has 4 heterocycles. The minimum Gasteiger partial charge on any atom is -0.504 e. The molecule has 0 spiro atoms. The van der Waals surface area contributed by atoms with E-state index in [-0.39, 0.29) is 78.4 Å². The van der Waals surface area contributed by atoms with E-state index in [1.54, 1.807) is 16.4 Å². The Hall–Kier alpha value is -4.30. The number of carbonyl (C=O) groups excluding carboxylic acids is 2. The number of hydrogen-bond donors (Lipinski definition) is 2. The van der Waals surface area contributed by atoms with E-state index < -0.39 is 28.9 Å². The molecular weight excluding hydrogens is 629 g/mol. The molecule has 15 heteroatoms. The molecule has 5 saturated carbocycles. The van der Waals surface area contributed by atoms with E-state index in [4.69, 9.17) is 9.97 Å². The van der Waals surface area contributed by atoms with E-state index in [9.17, 15) is 32.7 Å². The average Bonchev–Trinajstić information content (AvgIpc) is 3.81. The molecule has 2 atom stereocenters. The van der Waals surface area contributed by atoms with Gasteiger partial charge >= 0.3 is 6.18 Å². The minimum absolute atomic E-state index is 0.0574. The Morgan fingerprint density at radius 1 is 1.02 bits per heavy atom. The first-order valence-electron chi connectivity index (χ1n) is 16.7. The number of nitrogens with zero attached hydrogens (tertiary/aromatic N) is 7. The molecule has 1 saturated heterocycles. The molecule has 0 aromatic carbocycles. The van der Waals surface area contributed by atoms with Gasteiger partial charge in [-0.3, -0.25) is 14.4 Å². The molecule has 2 bridgehead atoms. The molecule has 9 rings (SSSR count). The second-order valence-corrected chi connectivity index (χ2v) is 14.4. The van der Waals surface area contributed by atoms with Gasteiger partial charge in [0.1, 0.15) is 18.6 Å². The molecule has 0 radical (unpaired) electrons. The maximum Gasteiger partial charge on any atom is 0.394 e. The summed E-state index contributed by atoms with van der Waals surface area (Å²) in [4.78, 5) is 63.0. The summed E-state index contributed by atoms with van der Waals surface area (Å²) in [5, 5.41) is 13.4. The van der Waals surface area contributed by atoms with Crippen LogP contribution in [-0.2, 0) is 17.8 Å². The number of hydrogen-bond acceptors (Lipinski definition) is 9. The number of fused-ring (bicyclic) bond motifs is 2. The first-order chi connectivity index (χ1) is 22.8. The molecular formula is C33H37F3N8O4. The molecule has 5 aliphatic carbocycles. The lowest BCUT2D eigenvalue weighted by molar-refractivity contribution is -0.337. The molecule has 6 aliphatic rings. The average molecular weight is 667 g/mol. The lowest BCUT2D eigenvalue weighted by Gasteiger charge is -2.70. The summed E-state index contributed by atoms with van der Waals surface area (Å²) in [6, 6.07) is -0.417. The molecule has 6 fully saturated rings. The van der Waals surface area contributed by atoms with Gasteiger partial charge < -0.3 is 24.8 Å². The maximum atomic E-state index is 14.5. The van der Waals surface area contributed by atoms with Crippen LogP contribution in [0.2, 0.25) is 0 Å². The van der Waals surface area contributed by atoms with Gasteiger partial charge in [0.05, 0.1) is 28.5 Å². The standard InChI is InChI=1S/C33H37F3N8O4/c1-4-19-26(42-9-10-43(21-8-7-20(21)42)30(48)25-27(46)17(3)37-15-38-25)28(47)24-29(39-16(2)23(40-24)18-5-6-18)44(19)11-22(45)41-32-12-31(13-32,14-32)33(34,35)36/h15,18,20-21,46H,4-14H2,1-3H3,(H,41,45)/t20-,21-,31?,32?/m1/s1. The van der Waals surface area contributed by atoms with E-state index in [0.29, 0.717) is 42.2 Å². The fraction of sp³-hybridized carbons (Fsp3) is 0.606. The number of alkyl halides is 3. The normalized spacial score (nSPS) is 27.5. The van der Waals surface area contributed by atoms with Crippen LogP contribution in [0.25, 0.3) is 11.2 Å². The van der Waals surface area contributed by atoms with Gasteiger partial charge in [-0.1, -0.05) is 6.92 Å². The van der Waals surface area contributed by atoms with Crippen molar-refractivity contribution in [3.05, 3.63) is 45.0 Å². The van der Waals surface area contributed by atoms with Crippen molar-refractivity contribution in [3.8, 4) is 5.75 Å². The van der Waals surface area contributed by atoms with Gasteiger partial charge in [0.2, 0.25) is 11.3 Å². The molecule has 2 N–H and O–H groups in total. The number of carbonyl (C=O) groups is 2. The summed E-state index contributed by atoms with van der Waals surface area (Å²) in [5.74, 6) is -0.854. The lowest BCUT2D eigenvalue weighted by atomic mass is 9.39. The van der Waals surface area contributed by atoms with E-state index >= 15 is 0 Å². The van der Waals surface area contributed by atoms with Crippen molar-refractivity contribution in [2.75, 3.05) is 18.0 Å². The monoisotopic (exact) mass is 666 g/mol. The van der Waals surface area contributed by atoms with E-state index in [1.165, 1.54) is 6.33 Å². The predicted octanol–water partition coefficient (Wildman–Crippen LogP) is 3.44. The zero-order valence-corrected chi connectivity index (χ0v) is 27.0. The van der Waals surface area contributed by atoms with Gasteiger partial charge in [0, 0.05) is 36.3 Å². The molecule has 12 nitrogen and oxygen atoms in total. The number of aromatic nitrogens is 5. The number of aromatic hydroxyl groups is 1. The van der Waals surface area contributed by atoms with Crippen LogP contribution in [-0.4, -0.2) is 83.2 Å². The summed E-state index contributed by atoms with van der Waals surface area (Å²) in [6.07, 6.45) is 0.338. The highest BCUT2D eigenvalue weighted by Crippen LogP contribution is 2.73. The number of amides is 2. The topological polar surface area (TPSA) is 146 Å². The minimum atomic E-state index is -4.28. The number of piperazine rings is 1. The molecule has 2 amide bonds. The maximum absolute atomic E-state index is 14.5. The van der Waals surface area contributed by atoms with Crippen molar-refractivity contribution in [2.45, 2.75) is 108 Å². The fourth-order valence-corrected chi connectivity index (χ4v) is 8.66. The third kappa shape index (κ3) is 4.44. The Balaban J connectivity index is 1.15. The van der Waals surface area contributed by atoms with Crippen molar-refractivity contribution in [3.63, 3.8) is 0 Å². The Morgan fingerprint density at radius 2 is 1.73 bits per heavy atom. The fourth-order valence-electron chi connectivity index (χ4n) is 8.66. The van der Waals surface area contributed by atoms with Crippen LogP contribution in [0.4, 0.5) is 18.9 Å². The molecule has 3 aromatic rings. The van der Waals surface area contributed by atoms with Crippen molar-refractivity contribution in [1.82, 2.24) is 34.7 Å². The summed E-state index contributed by atoms with van der Waals surface area (Å²) in [6.45, 7) is 5.73. The van der Waals surface area contributed by atoms with Gasteiger partial charge in [-0.05, 0) is 65.2 Å². The zero-order valence-electron chi connectivity index (χ0n) is 27.0. The number of pyridine rings is 1. The smallest absolute Gasteiger partial charge is 0.394 e. The second kappa shape index (κ2) is 10.3. The molecule has 0 unspecified atom stereocenters. The second-order valence-electron chi connectivity index (χ2n) is 14.4. The van der Waals surface area contributed by atoms with Gasteiger partial charge in [-0.15, -0.1) is 0 Å². The summed E-state index contributed by atoms with van der Waals surface area (Å²) >= 11 is 0. The highest BCUT2D eigenvalue weighted by Gasteiger charge is 2.79. The van der Waals surface area contributed by atoms with Crippen molar-refractivity contribution in [2.24, 2.45) is 5.41 Å². The Bertz CT molecular complexity index is 1940. The van der Waals surface area contributed by atoms with Crippen LogP contribution in [0.15, 0.2) is 11.1 Å². The van der Waals surface area contributed by atoms with Gasteiger partial charge in [-0.25, -0.2) is 19.9 Å². The predicted molar refractivity (Wildman–Crippen MR) is 167 cm³/mol. The quantitative estimate of drug-likeness (QED) is 0.387. The molecule has 3 aromatic heterocycles. The van der Waals surface area contributed by atoms with Crippen LogP contribution in [0, 0.1) is 19.3 Å². The molecule has 1 aliphatic heterocycles. The SMILES string of the molecule is CCc1c(N2CCN(C(=O)c3ncnc(C)c3O)[C@@H]3CC[C@H]32)c(=O)c2nc(C3CC3)c(C)nc2n1CC(=O)NC12CC(C(F)(F)F)(C1)C2. The first-order valence-corrected chi connectivity index (χ1v) is 16.7. The number of anilines is 1. The van der Waals surface area contributed by atoms with Crippen LogP contribution < -0.4 is 15.6 Å². The van der Waals surface area contributed by atoms with Crippen LogP contribution in [0.1, 0.15) is 91.1 Å². The van der Waals surface area contributed by atoms with Gasteiger partial charge in [0.25, 0.3) is 5.91 Å². The summed E-state index contributed by atoms with van der Waals surface area (Å²) < 4.78 is 42.2. The Kier molecular flexibility index (Phi) is 6.68. The van der Waals surface area contributed by atoms with Crippen LogP contribution in [0.5, 0.6) is 5.75 Å². The molecule has 48 heavy (non-hydrogen) atoms. The summed E-state index contributed by atoms with van der Waals surface area (Å²) in [7, 11) is 0. The van der Waals surface area contributed by atoms with E-state index in [2.05, 4.69) is 15.3 Å². The van der Waals surface area contributed by atoms with Gasteiger partial charge in [0.15, 0.2) is 22.6 Å². The number of aryl methyl sites for hydroxylation is 2.